The van der Waals surface area contributed by atoms with E-state index in [2.05, 4.69) is 5.32 Å². The lowest BCUT2D eigenvalue weighted by atomic mass is 9.80. The molecule has 2 atom stereocenters. The molecule has 1 aromatic rings. The number of amides is 2. The zero-order valence-corrected chi connectivity index (χ0v) is 18.3. The second-order valence-corrected chi connectivity index (χ2v) is 9.47. The van der Waals surface area contributed by atoms with Crippen molar-refractivity contribution < 1.29 is 28.2 Å². The summed E-state index contributed by atoms with van der Waals surface area (Å²) in [6.45, 7) is 1.51. The minimum atomic E-state index is -0.628. The van der Waals surface area contributed by atoms with E-state index in [1.54, 1.807) is 6.07 Å². The van der Waals surface area contributed by atoms with Gasteiger partial charge in [0.15, 0.2) is 11.6 Å². The van der Waals surface area contributed by atoms with E-state index in [-0.39, 0.29) is 61.1 Å². The van der Waals surface area contributed by atoms with Crippen LogP contribution in [0.2, 0.25) is 0 Å². The van der Waals surface area contributed by atoms with Gasteiger partial charge in [0.1, 0.15) is 6.61 Å². The highest BCUT2D eigenvalue weighted by Crippen LogP contribution is 2.40. The summed E-state index contributed by atoms with van der Waals surface area (Å²) in [4.78, 5) is 27.2. The van der Waals surface area contributed by atoms with Crippen molar-refractivity contribution in [2.75, 3.05) is 33.0 Å². The van der Waals surface area contributed by atoms with Crippen LogP contribution in [0.3, 0.4) is 0 Å². The third-order valence-corrected chi connectivity index (χ3v) is 7.50. The fourth-order valence-electron chi connectivity index (χ4n) is 5.87. The van der Waals surface area contributed by atoms with E-state index in [0.717, 1.165) is 44.1 Å². The third kappa shape index (κ3) is 4.10. The van der Waals surface area contributed by atoms with Crippen molar-refractivity contribution >= 4 is 11.8 Å². The fourth-order valence-corrected chi connectivity index (χ4v) is 5.87. The van der Waals surface area contributed by atoms with E-state index in [0.29, 0.717) is 19.8 Å². The van der Waals surface area contributed by atoms with Crippen molar-refractivity contribution in [3.05, 3.63) is 29.6 Å². The number of hydrogen-bond donors (Lipinski definition) is 1. The van der Waals surface area contributed by atoms with E-state index < -0.39 is 5.54 Å². The van der Waals surface area contributed by atoms with Crippen molar-refractivity contribution in [3.63, 3.8) is 0 Å². The lowest BCUT2D eigenvalue weighted by Gasteiger charge is -2.51. The standard InChI is InChI=1S/C24H31FN2O5/c25-19-4-1-3-18-16-5-7-17(8-6-16)32-13-20-24(15-30-14-21(28)26-24)10-2-11-27(20)22(29)9-12-31-23(18)19/h1,3-4,16-17,20H,2,5-15H2,(H,26,28). The van der Waals surface area contributed by atoms with Crippen LogP contribution in [-0.2, 0) is 19.1 Å². The number of carbonyl (C=O) groups excluding carboxylic acids is 2. The van der Waals surface area contributed by atoms with Gasteiger partial charge < -0.3 is 24.4 Å². The van der Waals surface area contributed by atoms with Gasteiger partial charge in [-0.3, -0.25) is 9.59 Å². The van der Waals surface area contributed by atoms with Gasteiger partial charge in [0.2, 0.25) is 11.8 Å². The number of morpholine rings is 1. The zero-order valence-electron chi connectivity index (χ0n) is 18.3. The molecule has 5 aliphatic rings. The van der Waals surface area contributed by atoms with Gasteiger partial charge in [0.05, 0.1) is 43.9 Å². The molecular formula is C24H31FN2O5. The van der Waals surface area contributed by atoms with Gasteiger partial charge in [-0.05, 0) is 50.5 Å². The Morgan fingerprint density at radius 3 is 2.81 bits per heavy atom. The number of nitrogens with one attached hydrogen (secondary N) is 1. The predicted octanol–water partition coefficient (Wildman–Crippen LogP) is 2.53. The molecule has 8 heteroatoms. The van der Waals surface area contributed by atoms with Crippen LogP contribution in [-0.4, -0.2) is 67.4 Å². The number of ether oxygens (including phenoxy) is 3. The normalized spacial score (nSPS) is 33.7. The molecule has 174 valence electrons. The lowest BCUT2D eigenvalue weighted by Crippen LogP contribution is -2.72. The van der Waals surface area contributed by atoms with Crippen molar-refractivity contribution in [2.24, 2.45) is 0 Å². The third-order valence-electron chi connectivity index (χ3n) is 7.50. The molecule has 2 bridgehead atoms. The van der Waals surface area contributed by atoms with Crippen LogP contribution >= 0.6 is 0 Å². The Morgan fingerprint density at radius 2 is 2.00 bits per heavy atom. The molecule has 2 amide bonds. The lowest BCUT2D eigenvalue weighted by molar-refractivity contribution is -0.155. The first kappa shape index (κ1) is 21.6. The molecule has 3 fully saturated rings. The molecule has 1 saturated carbocycles. The van der Waals surface area contributed by atoms with Gasteiger partial charge in [0, 0.05) is 12.1 Å². The molecule has 1 aromatic carbocycles. The van der Waals surface area contributed by atoms with Crippen molar-refractivity contribution in [1.29, 1.82) is 0 Å². The maximum absolute atomic E-state index is 14.6. The molecular weight excluding hydrogens is 415 g/mol. The van der Waals surface area contributed by atoms with Crippen LogP contribution in [0, 0.1) is 5.82 Å². The number of benzene rings is 1. The molecule has 0 aromatic heterocycles. The number of carbonyl (C=O) groups is 2. The van der Waals surface area contributed by atoms with Crippen LogP contribution in [0.4, 0.5) is 4.39 Å². The molecule has 4 aliphatic heterocycles. The molecule has 1 N–H and O–H groups in total. The highest BCUT2D eigenvalue weighted by molar-refractivity contribution is 5.80. The van der Waals surface area contributed by atoms with E-state index >= 15 is 0 Å². The van der Waals surface area contributed by atoms with Crippen LogP contribution in [0.15, 0.2) is 18.2 Å². The summed E-state index contributed by atoms with van der Waals surface area (Å²) in [7, 11) is 0. The van der Waals surface area contributed by atoms with Crippen molar-refractivity contribution in [1.82, 2.24) is 10.2 Å². The number of nitrogens with zero attached hydrogens (tertiary/aromatic N) is 1. The maximum atomic E-state index is 14.6. The molecule has 2 unspecified atom stereocenters. The molecule has 32 heavy (non-hydrogen) atoms. The van der Waals surface area contributed by atoms with Crippen LogP contribution in [0.5, 0.6) is 5.75 Å². The fraction of sp³-hybridized carbons (Fsp3) is 0.667. The Hall–Kier alpha value is -2.19. The minimum absolute atomic E-state index is 0.0477. The predicted molar refractivity (Wildman–Crippen MR) is 114 cm³/mol. The Bertz CT molecular complexity index is 868. The largest absolute Gasteiger partial charge is 0.490 e. The first-order chi connectivity index (χ1) is 15.6. The number of hydrogen-bond acceptors (Lipinski definition) is 5. The Balaban J connectivity index is 1.43. The molecule has 4 heterocycles. The van der Waals surface area contributed by atoms with Crippen LogP contribution < -0.4 is 10.1 Å². The smallest absolute Gasteiger partial charge is 0.246 e. The van der Waals surface area contributed by atoms with Gasteiger partial charge in [-0.2, -0.15) is 0 Å². The van der Waals surface area contributed by atoms with Gasteiger partial charge in [0.25, 0.3) is 0 Å². The van der Waals surface area contributed by atoms with E-state index in [1.165, 1.54) is 6.07 Å². The van der Waals surface area contributed by atoms with Crippen LogP contribution in [0.1, 0.15) is 56.4 Å². The Morgan fingerprint density at radius 1 is 1.16 bits per heavy atom. The number of rotatable bonds is 0. The van der Waals surface area contributed by atoms with E-state index in [9.17, 15) is 14.0 Å². The first-order valence-corrected chi connectivity index (χ1v) is 11.8. The summed E-state index contributed by atoms with van der Waals surface area (Å²) in [6.07, 6.45) is 5.31. The Kier molecular flexibility index (Phi) is 6.07. The topological polar surface area (TPSA) is 77.1 Å². The van der Waals surface area contributed by atoms with E-state index in [1.807, 2.05) is 11.0 Å². The molecule has 0 radical (unpaired) electrons. The second kappa shape index (κ2) is 8.98. The SMILES string of the molecule is O=C1COCC2(CCCN3C(=O)CCOc4c(F)cccc4C4CCC(CC4)OCC32)N1. The Labute approximate surface area is 187 Å². The monoisotopic (exact) mass is 446 g/mol. The highest BCUT2D eigenvalue weighted by atomic mass is 19.1. The molecule has 7 nitrogen and oxygen atoms in total. The summed E-state index contributed by atoms with van der Waals surface area (Å²) in [5, 5.41) is 3.13. The van der Waals surface area contributed by atoms with E-state index in [4.69, 9.17) is 14.2 Å². The number of halogens is 1. The van der Waals surface area contributed by atoms with Gasteiger partial charge in [-0.15, -0.1) is 0 Å². The summed E-state index contributed by atoms with van der Waals surface area (Å²) in [5.41, 5.74) is 0.265. The average molecular weight is 447 g/mol. The molecule has 2 saturated heterocycles. The molecule has 6 rings (SSSR count). The van der Waals surface area contributed by atoms with Gasteiger partial charge in [-0.25, -0.2) is 4.39 Å². The molecule has 1 aliphatic carbocycles. The zero-order chi connectivity index (χ0) is 22.1. The number of para-hydroxylation sites is 1. The quantitative estimate of drug-likeness (QED) is 0.663. The minimum Gasteiger partial charge on any atom is -0.490 e. The maximum Gasteiger partial charge on any atom is 0.246 e. The first-order valence-electron chi connectivity index (χ1n) is 11.8. The van der Waals surface area contributed by atoms with Gasteiger partial charge in [-0.1, -0.05) is 12.1 Å². The van der Waals surface area contributed by atoms with Crippen LogP contribution in [0.25, 0.3) is 0 Å². The average Bonchev–Trinajstić information content (AvgIpc) is 2.79. The second-order valence-electron chi connectivity index (χ2n) is 9.47. The summed E-state index contributed by atoms with van der Waals surface area (Å²) in [6, 6.07) is 4.79. The number of fused-ring (bicyclic) bond motifs is 6. The van der Waals surface area contributed by atoms with Crippen molar-refractivity contribution in [2.45, 2.75) is 68.5 Å². The van der Waals surface area contributed by atoms with Gasteiger partial charge >= 0.3 is 0 Å². The number of piperidine rings is 1. The van der Waals surface area contributed by atoms with Crippen molar-refractivity contribution in [3.8, 4) is 5.75 Å². The summed E-state index contributed by atoms with van der Waals surface area (Å²) in [5.74, 6) is -0.0974. The summed E-state index contributed by atoms with van der Waals surface area (Å²) >= 11 is 0. The molecule has 1 spiro atoms. The summed E-state index contributed by atoms with van der Waals surface area (Å²) < 4.78 is 32.4. The highest BCUT2D eigenvalue weighted by Gasteiger charge is 2.49.